The van der Waals surface area contributed by atoms with Crippen LogP contribution in [0.2, 0.25) is 0 Å². The van der Waals surface area contributed by atoms with Crippen LogP contribution < -0.4 is 5.32 Å². The van der Waals surface area contributed by atoms with Gasteiger partial charge in [0.15, 0.2) is 0 Å². The van der Waals surface area contributed by atoms with Crippen LogP contribution >= 0.6 is 23.1 Å². The van der Waals surface area contributed by atoms with Crippen molar-refractivity contribution in [1.29, 1.82) is 0 Å². The Labute approximate surface area is 145 Å². The first-order chi connectivity index (χ1) is 11.1. The van der Waals surface area contributed by atoms with Crippen molar-refractivity contribution in [2.24, 2.45) is 5.92 Å². The van der Waals surface area contributed by atoms with Gasteiger partial charge in [-0.3, -0.25) is 4.79 Å². The molecule has 3 rings (SSSR count). The number of aromatic nitrogens is 2. The van der Waals surface area contributed by atoms with Crippen molar-refractivity contribution >= 4 is 39.2 Å². The van der Waals surface area contributed by atoms with E-state index < -0.39 is 0 Å². The SMILES string of the molecule is Cc1cc2c(SCCC(=O)NC3CCCCC3C)ncnc2s1. The van der Waals surface area contributed by atoms with Crippen LogP contribution in [0.1, 0.15) is 43.9 Å². The summed E-state index contributed by atoms with van der Waals surface area (Å²) in [4.78, 5) is 23.1. The number of carbonyl (C=O) groups excluding carboxylic acids is 1. The molecule has 23 heavy (non-hydrogen) atoms. The van der Waals surface area contributed by atoms with E-state index in [9.17, 15) is 4.79 Å². The Morgan fingerprint density at radius 1 is 1.39 bits per heavy atom. The third-order valence-electron chi connectivity index (χ3n) is 4.44. The zero-order valence-corrected chi connectivity index (χ0v) is 15.3. The van der Waals surface area contributed by atoms with Crippen molar-refractivity contribution in [2.45, 2.75) is 57.0 Å². The van der Waals surface area contributed by atoms with E-state index >= 15 is 0 Å². The summed E-state index contributed by atoms with van der Waals surface area (Å²) in [5.41, 5.74) is 0. The van der Waals surface area contributed by atoms with E-state index in [-0.39, 0.29) is 5.91 Å². The fourth-order valence-corrected chi connectivity index (χ4v) is 4.94. The summed E-state index contributed by atoms with van der Waals surface area (Å²) in [6, 6.07) is 2.50. The fourth-order valence-electron chi connectivity index (χ4n) is 3.12. The Kier molecular flexibility index (Phi) is 5.54. The van der Waals surface area contributed by atoms with Crippen LogP contribution in [0.15, 0.2) is 17.4 Å². The summed E-state index contributed by atoms with van der Waals surface area (Å²) in [5, 5.41) is 5.31. The molecule has 2 aromatic heterocycles. The smallest absolute Gasteiger partial charge is 0.221 e. The molecule has 4 nitrogen and oxygen atoms in total. The van der Waals surface area contributed by atoms with Crippen molar-refractivity contribution in [1.82, 2.24) is 15.3 Å². The van der Waals surface area contributed by atoms with E-state index in [0.717, 1.165) is 27.4 Å². The molecule has 0 aliphatic heterocycles. The average molecular weight is 350 g/mol. The van der Waals surface area contributed by atoms with E-state index in [1.54, 1.807) is 29.4 Å². The second-order valence-corrected chi connectivity index (χ2v) is 8.61. The van der Waals surface area contributed by atoms with Crippen molar-refractivity contribution in [3.05, 3.63) is 17.3 Å². The van der Waals surface area contributed by atoms with Gasteiger partial charge in [0, 0.05) is 28.5 Å². The molecule has 6 heteroatoms. The van der Waals surface area contributed by atoms with E-state index in [2.05, 4.69) is 35.2 Å². The molecule has 2 heterocycles. The predicted octanol–water partition coefficient (Wildman–Crippen LogP) is 4.18. The van der Waals surface area contributed by atoms with Gasteiger partial charge in [-0.25, -0.2) is 9.97 Å². The van der Waals surface area contributed by atoms with Gasteiger partial charge >= 0.3 is 0 Å². The summed E-state index contributed by atoms with van der Waals surface area (Å²) in [7, 11) is 0. The Bertz CT molecular complexity index is 686. The summed E-state index contributed by atoms with van der Waals surface area (Å²) in [6.45, 7) is 4.33. The van der Waals surface area contributed by atoms with E-state index in [0.29, 0.717) is 18.4 Å². The van der Waals surface area contributed by atoms with Crippen molar-refractivity contribution in [2.75, 3.05) is 5.75 Å². The van der Waals surface area contributed by atoms with E-state index in [4.69, 9.17) is 0 Å². The molecule has 0 spiro atoms. The Morgan fingerprint density at radius 3 is 3.04 bits per heavy atom. The molecule has 124 valence electrons. The van der Waals surface area contributed by atoms with Gasteiger partial charge < -0.3 is 5.32 Å². The molecule has 1 aliphatic carbocycles. The maximum absolute atomic E-state index is 12.2. The van der Waals surface area contributed by atoms with Crippen molar-refractivity contribution in [3.8, 4) is 0 Å². The molecule has 2 atom stereocenters. The molecule has 1 amide bonds. The maximum atomic E-state index is 12.2. The molecule has 1 aliphatic rings. The molecule has 2 aromatic rings. The van der Waals surface area contributed by atoms with Crippen LogP contribution in [0.3, 0.4) is 0 Å². The Morgan fingerprint density at radius 2 is 2.22 bits per heavy atom. The summed E-state index contributed by atoms with van der Waals surface area (Å²) in [5.74, 6) is 1.53. The third-order valence-corrected chi connectivity index (χ3v) is 6.41. The van der Waals surface area contributed by atoms with Crippen LogP contribution in [-0.2, 0) is 4.79 Å². The van der Waals surface area contributed by atoms with Gasteiger partial charge in [0.1, 0.15) is 16.2 Å². The van der Waals surface area contributed by atoms with E-state index in [1.807, 2.05) is 0 Å². The number of rotatable bonds is 5. The second kappa shape index (κ2) is 7.62. The Balaban J connectivity index is 1.51. The lowest BCUT2D eigenvalue weighted by atomic mass is 9.86. The first-order valence-electron chi connectivity index (χ1n) is 8.27. The molecule has 2 unspecified atom stereocenters. The zero-order valence-electron chi connectivity index (χ0n) is 13.7. The number of amides is 1. The van der Waals surface area contributed by atoms with Gasteiger partial charge in [0.2, 0.25) is 5.91 Å². The first-order valence-corrected chi connectivity index (χ1v) is 10.1. The molecule has 0 saturated heterocycles. The predicted molar refractivity (Wildman–Crippen MR) is 97.1 cm³/mol. The quantitative estimate of drug-likeness (QED) is 0.650. The van der Waals surface area contributed by atoms with Gasteiger partial charge in [-0.05, 0) is 31.7 Å². The molecular weight excluding hydrogens is 326 g/mol. The van der Waals surface area contributed by atoms with Gasteiger partial charge in [-0.1, -0.05) is 19.8 Å². The summed E-state index contributed by atoms with van der Waals surface area (Å²) < 4.78 is 0. The molecule has 0 aromatic carbocycles. The summed E-state index contributed by atoms with van der Waals surface area (Å²) >= 11 is 3.33. The molecule has 0 radical (unpaired) electrons. The summed E-state index contributed by atoms with van der Waals surface area (Å²) in [6.07, 6.45) is 7.05. The van der Waals surface area contributed by atoms with Gasteiger partial charge in [0.25, 0.3) is 0 Å². The van der Waals surface area contributed by atoms with Gasteiger partial charge in [-0.15, -0.1) is 23.1 Å². The lowest BCUT2D eigenvalue weighted by Gasteiger charge is -2.29. The monoisotopic (exact) mass is 349 g/mol. The van der Waals surface area contributed by atoms with Crippen molar-refractivity contribution in [3.63, 3.8) is 0 Å². The van der Waals surface area contributed by atoms with Crippen molar-refractivity contribution < 1.29 is 4.79 Å². The van der Waals surface area contributed by atoms with Crippen LogP contribution in [0.4, 0.5) is 0 Å². The number of fused-ring (bicyclic) bond motifs is 1. The highest BCUT2D eigenvalue weighted by Crippen LogP contribution is 2.30. The lowest BCUT2D eigenvalue weighted by Crippen LogP contribution is -2.41. The number of aryl methyl sites for hydroxylation is 1. The largest absolute Gasteiger partial charge is 0.353 e. The molecule has 1 N–H and O–H groups in total. The third kappa shape index (κ3) is 4.23. The maximum Gasteiger partial charge on any atom is 0.221 e. The van der Waals surface area contributed by atoms with Crippen LogP contribution in [0.25, 0.3) is 10.2 Å². The standard InChI is InChI=1S/C17H23N3OS2/c1-11-5-3-4-6-14(11)20-15(21)7-8-22-16-13-9-12(2)23-17(13)19-10-18-16/h9-11,14H,3-8H2,1-2H3,(H,20,21). The van der Waals surface area contributed by atoms with E-state index in [1.165, 1.54) is 24.1 Å². The number of thioether (sulfide) groups is 1. The normalized spacial score (nSPS) is 21.5. The highest BCUT2D eigenvalue weighted by Gasteiger charge is 2.22. The highest BCUT2D eigenvalue weighted by molar-refractivity contribution is 7.99. The van der Waals surface area contributed by atoms with Crippen LogP contribution in [0, 0.1) is 12.8 Å². The number of hydrogen-bond donors (Lipinski definition) is 1. The molecule has 1 saturated carbocycles. The Hall–Kier alpha value is -1.14. The minimum atomic E-state index is 0.169. The highest BCUT2D eigenvalue weighted by atomic mass is 32.2. The first kappa shape index (κ1) is 16.7. The van der Waals surface area contributed by atoms with Gasteiger partial charge in [0.05, 0.1) is 0 Å². The number of hydrogen-bond acceptors (Lipinski definition) is 5. The van der Waals surface area contributed by atoms with Crippen LogP contribution in [0.5, 0.6) is 0 Å². The van der Waals surface area contributed by atoms with Crippen LogP contribution in [-0.4, -0.2) is 27.7 Å². The topological polar surface area (TPSA) is 54.9 Å². The average Bonchev–Trinajstić information content (AvgIpc) is 2.91. The molecule has 0 bridgehead atoms. The zero-order chi connectivity index (χ0) is 16.2. The minimum Gasteiger partial charge on any atom is -0.353 e. The fraction of sp³-hybridized carbons (Fsp3) is 0.588. The minimum absolute atomic E-state index is 0.169. The second-order valence-electron chi connectivity index (χ2n) is 6.29. The molecule has 1 fully saturated rings. The number of thiophene rings is 1. The number of nitrogens with one attached hydrogen (secondary N) is 1. The van der Waals surface area contributed by atoms with Gasteiger partial charge in [-0.2, -0.15) is 0 Å². The number of carbonyl (C=O) groups is 1. The number of nitrogens with zero attached hydrogens (tertiary/aromatic N) is 2. The molecular formula is C17H23N3OS2. The lowest BCUT2D eigenvalue weighted by molar-refractivity contribution is -0.121.